The molecule has 3 rings (SSSR count). The average Bonchev–Trinajstić information content (AvgIpc) is 3.08. The Morgan fingerprint density at radius 2 is 1.93 bits per heavy atom. The first-order valence-electron chi connectivity index (χ1n) is 9.28. The van der Waals surface area contributed by atoms with Gasteiger partial charge in [0, 0.05) is 41.2 Å². The molecule has 8 heteroatoms. The summed E-state index contributed by atoms with van der Waals surface area (Å²) in [7, 11) is 1.62. The van der Waals surface area contributed by atoms with Crippen LogP contribution >= 0.6 is 11.6 Å². The fourth-order valence-electron chi connectivity index (χ4n) is 3.73. The predicted molar refractivity (Wildman–Crippen MR) is 109 cm³/mol. The van der Waals surface area contributed by atoms with Crippen molar-refractivity contribution in [2.24, 2.45) is 0 Å². The Kier molecular flexibility index (Phi) is 5.82. The lowest BCUT2D eigenvalue weighted by Gasteiger charge is -2.23. The molecule has 1 aliphatic heterocycles. The minimum atomic E-state index is -1.31. The van der Waals surface area contributed by atoms with E-state index in [-0.39, 0.29) is 12.3 Å². The molecule has 1 aromatic heterocycles. The van der Waals surface area contributed by atoms with Gasteiger partial charge < -0.3 is 14.6 Å². The van der Waals surface area contributed by atoms with Gasteiger partial charge in [0.15, 0.2) is 5.78 Å². The summed E-state index contributed by atoms with van der Waals surface area (Å²) >= 11 is 6.24. The highest BCUT2D eigenvalue weighted by atomic mass is 35.5. The maximum Gasteiger partial charge on any atom is 0.325 e. The van der Waals surface area contributed by atoms with E-state index in [2.05, 4.69) is 5.32 Å². The maximum absolute atomic E-state index is 13.1. The number of ketones is 1. The van der Waals surface area contributed by atoms with E-state index in [9.17, 15) is 14.4 Å². The van der Waals surface area contributed by atoms with Crippen molar-refractivity contribution in [3.05, 3.63) is 57.9 Å². The van der Waals surface area contributed by atoms with Crippen LogP contribution < -0.4 is 5.32 Å². The van der Waals surface area contributed by atoms with Crippen molar-refractivity contribution >= 4 is 29.3 Å². The van der Waals surface area contributed by atoms with Crippen LogP contribution in [0.1, 0.15) is 34.2 Å². The number of halogens is 1. The maximum atomic E-state index is 13.1. The lowest BCUT2D eigenvalue weighted by molar-refractivity contribution is -0.130. The number of hydrogen-bond acceptors (Lipinski definition) is 4. The zero-order chi connectivity index (χ0) is 21.3. The molecule has 1 aromatic carbocycles. The number of Topliss-reactive ketones (excluding diaryl/α,β-unsaturated/α-hetero) is 1. The molecule has 29 heavy (non-hydrogen) atoms. The number of nitrogens with one attached hydrogen (secondary N) is 1. The molecule has 1 N–H and O–H groups in total. The molecule has 0 radical (unpaired) electrons. The zero-order valence-electron chi connectivity index (χ0n) is 16.9. The summed E-state index contributed by atoms with van der Waals surface area (Å²) in [5.74, 6) is -0.800. The molecule has 0 bridgehead atoms. The van der Waals surface area contributed by atoms with Crippen molar-refractivity contribution in [1.82, 2.24) is 14.8 Å². The topological polar surface area (TPSA) is 80.6 Å². The van der Waals surface area contributed by atoms with Crippen LogP contribution in [0.5, 0.6) is 0 Å². The molecular weight excluding hydrogens is 394 g/mol. The Balaban J connectivity index is 1.84. The smallest absolute Gasteiger partial charge is 0.325 e. The van der Waals surface area contributed by atoms with Crippen LogP contribution in [-0.4, -0.2) is 47.4 Å². The van der Waals surface area contributed by atoms with Gasteiger partial charge in [0.2, 0.25) is 0 Å². The molecule has 2 heterocycles. The highest BCUT2D eigenvalue weighted by Crippen LogP contribution is 2.33. The van der Waals surface area contributed by atoms with Gasteiger partial charge in [-0.05, 0) is 32.9 Å². The monoisotopic (exact) mass is 417 g/mol. The van der Waals surface area contributed by atoms with Crippen LogP contribution in [0.15, 0.2) is 30.3 Å². The van der Waals surface area contributed by atoms with Crippen molar-refractivity contribution < 1.29 is 19.1 Å². The van der Waals surface area contributed by atoms with Crippen LogP contribution in [0, 0.1) is 13.8 Å². The number of amides is 3. The van der Waals surface area contributed by atoms with Gasteiger partial charge in [-0.2, -0.15) is 0 Å². The lowest BCUT2D eigenvalue weighted by atomic mass is 9.92. The van der Waals surface area contributed by atoms with Gasteiger partial charge in [-0.3, -0.25) is 14.5 Å². The van der Waals surface area contributed by atoms with Gasteiger partial charge in [-0.25, -0.2) is 4.79 Å². The van der Waals surface area contributed by atoms with E-state index in [0.29, 0.717) is 29.3 Å². The number of nitrogens with zero attached hydrogens (tertiary/aromatic N) is 2. The van der Waals surface area contributed by atoms with Crippen LogP contribution in [0.2, 0.25) is 5.02 Å². The number of imide groups is 1. The zero-order valence-corrected chi connectivity index (χ0v) is 17.7. The lowest BCUT2D eigenvalue weighted by Crippen LogP contribution is -2.41. The Morgan fingerprint density at radius 1 is 1.24 bits per heavy atom. The summed E-state index contributed by atoms with van der Waals surface area (Å²) in [6.07, 6.45) is 0. The number of aryl methyl sites for hydroxylation is 1. The Labute approximate surface area is 174 Å². The summed E-state index contributed by atoms with van der Waals surface area (Å²) in [6.45, 7) is 6.15. The molecule has 154 valence electrons. The molecule has 1 atom stereocenters. The largest absolute Gasteiger partial charge is 0.383 e. The average molecular weight is 418 g/mol. The van der Waals surface area contributed by atoms with Crippen LogP contribution in [0.25, 0.3) is 0 Å². The summed E-state index contributed by atoms with van der Waals surface area (Å²) in [5.41, 5.74) is 1.37. The quantitative estimate of drug-likeness (QED) is 0.554. The summed E-state index contributed by atoms with van der Waals surface area (Å²) in [6, 6.07) is 8.00. The second-order valence-corrected chi connectivity index (χ2v) is 7.69. The highest BCUT2D eigenvalue weighted by molar-refractivity contribution is 6.32. The summed E-state index contributed by atoms with van der Waals surface area (Å²) in [4.78, 5) is 39.5. The number of ether oxygens (including phenoxy) is 1. The van der Waals surface area contributed by atoms with E-state index < -0.39 is 17.5 Å². The third kappa shape index (κ3) is 3.68. The molecule has 1 aliphatic rings. The predicted octanol–water partition coefficient (Wildman–Crippen LogP) is 3.05. The van der Waals surface area contributed by atoms with Gasteiger partial charge in [0.1, 0.15) is 5.54 Å². The third-order valence-corrected chi connectivity index (χ3v) is 5.71. The van der Waals surface area contributed by atoms with Crippen LogP contribution in [-0.2, 0) is 21.6 Å². The fourth-order valence-corrected chi connectivity index (χ4v) is 4.05. The Bertz CT molecular complexity index is 984. The summed E-state index contributed by atoms with van der Waals surface area (Å²) < 4.78 is 7.10. The first-order chi connectivity index (χ1) is 13.7. The minimum absolute atomic E-state index is 0.298. The van der Waals surface area contributed by atoms with Crippen molar-refractivity contribution in [2.45, 2.75) is 32.9 Å². The molecular formula is C21H24ClN3O4. The molecule has 0 aliphatic carbocycles. The number of aromatic nitrogens is 1. The van der Waals surface area contributed by atoms with Gasteiger partial charge in [0.25, 0.3) is 5.91 Å². The molecule has 0 saturated carbocycles. The molecule has 2 aromatic rings. The van der Waals surface area contributed by atoms with Gasteiger partial charge >= 0.3 is 6.03 Å². The highest BCUT2D eigenvalue weighted by Gasteiger charge is 2.50. The molecule has 1 fully saturated rings. The number of rotatable bonds is 7. The minimum Gasteiger partial charge on any atom is -0.383 e. The Morgan fingerprint density at radius 3 is 2.59 bits per heavy atom. The Hall–Kier alpha value is -2.64. The van der Waals surface area contributed by atoms with Gasteiger partial charge in [0.05, 0.1) is 13.2 Å². The molecule has 7 nitrogen and oxygen atoms in total. The molecule has 1 saturated heterocycles. The fraction of sp³-hybridized carbons (Fsp3) is 0.381. The normalized spacial score (nSPS) is 19.0. The van der Waals surface area contributed by atoms with Crippen molar-refractivity contribution in [1.29, 1.82) is 0 Å². The van der Waals surface area contributed by atoms with Crippen molar-refractivity contribution in [3.8, 4) is 0 Å². The van der Waals surface area contributed by atoms with Gasteiger partial charge in [-0.15, -0.1) is 0 Å². The number of carbonyl (C=O) groups excluding carboxylic acids is 3. The van der Waals surface area contributed by atoms with Crippen molar-refractivity contribution in [3.63, 3.8) is 0 Å². The van der Waals surface area contributed by atoms with Crippen LogP contribution in [0.4, 0.5) is 4.79 Å². The number of hydrogen-bond donors (Lipinski definition) is 1. The van der Waals surface area contributed by atoms with E-state index in [1.165, 1.54) is 0 Å². The number of benzene rings is 1. The molecule has 3 amide bonds. The SMILES string of the molecule is COCCn1c(C)cc(C(=O)CN2C(=O)N[C@@](C)(c3ccccc3Cl)C2=O)c1C. The standard InChI is InChI=1S/C21H24ClN3O4/c1-13-11-15(14(2)24(13)9-10-29-4)18(26)12-25-19(27)21(3,23-20(25)28)16-7-5-6-8-17(16)22/h5-8,11H,9-10,12H2,1-4H3,(H,23,28)/t21-/m0/s1. The van der Waals surface area contributed by atoms with E-state index in [0.717, 1.165) is 16.3 Å². The first-order valence-corrected chi connectivity index (χ1v) is 9.66. The van der Waals surface area contributed by atoms with E-state index in [1.54, 1.807) is 44.4 Å². The number of urea groups is 1. The second-order valence-electron chi connectivity index (χ2n) is 7.28. The second kappa shape index (κ2) is 8.00. The van der Waals surface area contributed by atoms with E-state index in [1.807, 2.05) is 18.4 Å². The van der Waals surface area contributed by atoms with Gasteiger partial charge in [-0.1, -0.05) is 29.8 Å². The number of carbonyl (C=O) groups is 3. The third-order valence-electron chi connectivity index (χ3n) is 5.38. The summed E-state index contributed by atoms with van der Waals surface area (Å²) in [5, 5.41) is 3.06. The van der Waals surface area contributed by atoms with E-state index >= 15 is 0 Å². The number of methoxy groups -OCH3 is 1. The molecule has 0 unspecified atom stereocenters. The van der Waals surface area contributed by atoms with Crippen molar-refractivity contribution in [2.75, 3.05) is 20.3 Å². The van der Waals surface area contributed by atoms with Crippen LogP contribution in [0.3, 0.4) is 0 Å². The van der Waals surface area contributed by atoms with E-state index in [4.69, 9.17) is 16.3 Å². The first kappa shape index (κ1) is 21.1. The molecule has 0 spiro atoms.